The second kappa shape index (κ2) is 6.58. The second-order valence-electron chi connectivity index (χ2n) is 4.04. The van der Waals surface area contributed by atoms with Crippen molar-refractivity contribution in [2.45, 2.75) is 0 Å². The normalized spacial score (nSPS) is 10.4. The van der Waals surface area contributed by atoms with E-state index in [9.17, 15) is 10.2 Å². The van der Waals surface area contributed by atoms with Crippen LogP contribution in [0.2, 0.25) is 0 Å². The van der Waals surface area contributed by atoms with Gasteiger partial charge in [0, 0.05) is 12.3 Å². The van der Waals surface area contributed by atoms with Crippen molar-refractivity contribution in [3.8, 4) is 11.5 Å². The van der Waals surface area contributed by atoms with Crippen molar-refractivity contribution in [1.29, 1.82) is 0 Å². The monoisotopic (exact) mass is 286 g/mol. The molecule has 0 saturated heterocycles. The van der Waals surface area contributed by atoms with Crippen LogP contribution in [0.15, 0.2) is 54.7 Å². The standard InChI is InChI=1S/C15H14N2O2S/c18-12-6-7-13(14(19)10-12)17-15(20)16-9-8-11-4-2-1-3-5-11/h1-10,18-19H,(H2,16,17,20). The first-order valence-electron chi connectivity index (χ1n) is 5.96. The number of hydrogen-bond acceptors (Lipinski definition) is 3. The maximum absolute atomic E-state index is 9.62. The van der Waals surface area contributed by atoms with Crippen LogP contribution < -0.4 is 10.6 Å². The number of phenols is 2. The Hall–Kier alpha value is -2.53. The molecule has 20 heavy (non-hydrogen) atoms. The third-order valence-corrected chi connectivity index (χ3v) is 2.74. The molecule has 0 aliphatic carbocycles. The minimum Gasteiger partial charge on any atom is -0.508 e. The van der Waals surface area contributed by atoms with Gasteiger partial charge in [0.1, 0.15) is 11.5 Å². The lowest BCUT2D eigenvalue weighted by Gasteiger charge is -2.09. The molecule has 2 rings (SSSR count). The highest BCUT2D eigenvalue weighted by Gasteiger charge is 2.03. The highest BCUT2D eigenvalue weighted by molar-refractivity contribution is 7.80. The minimum atomic E-state index is -0.0683. The van der Waals surface area contributed by atoms with E-state index in [1.54, 1.807) is 12.3 Å². The summed E-state index contributed by atoms with van der Waals surface area (Å²) < 4.78 is 0. The predicted molar refractivity (Wildman–Crippen MR) is 84.6 cm³/mol. The second-order valence-corrected chi connectivity index (χ2v) is 4.45. The summed E-state index contributed by atoms with van der Waals surface area (Å²) >= 11 is 5.10. The van der Waals surface area contributed by atoms with E-state index in [-0.39, 0.29) is 11.5 Å². The van der Waals surface area contributed by atoms with Crippen LogP contribution in [0.5, 0.6) is 11.5 Å². The summed E-state index contributed by atoms with van der Waals surface area (Å²) in [5.74, 6) is -0.0721. The van der Waals surface area contributed by atoms with E-state index in [1.807, 2.05) is 36.4 Å². The highest BCUT2D eigenvalue weighted by Crippen LogP contribution is 2.26. The molecule has 4 N–H and O–H groups in total. The fourth-order valence-electron chi connectivity index (χ4n) is 1.56. The molecule has 0 saturated carbocycles. The van der Waals surface area contributed by atoms with Crippen molar-refractivity contribution >= 4 is 29.1 Å². The molecule has 0 aliphatic rings. The molecular weight excluding hydrogens is 272 g/mol. The Balaban J connectivity index is 1.91. The van der Waals surface area contributed by atoms with Crippen LogP contribution >= 0.6 is 12.2 Å². The third-order valence-electron chi connectivity index (χ3n) is 2.52. The van der Waals surface area contributed by atoms with E-state index < -0.39 is 0 Å². The first-order chi connectivity index (χ1) is 9.65. The van der Waals surface area contributed by atoms with Crippen molar-refractivity contribution in [2.24, 2.45) is 0 Å². The molecule has 2 aromatic rings. The van der Waals surface area contributed by atoms with Crippen LogP contribution in [0.1, 0.15) is 5.56 Å². The summed E-state index contributed by atoms with van der Waals surface area (Å²) in [5.41, 5.74) is 1.48. The van der Waals surface area contributed by atoms with Crippen LogP contribution in [0.3, 0.4) is 0 Å². The molecule has 0 heterocycles. The van der Waals surface area contributed by atoms with E-state index in [4.69, 9.17) is 12.2 Å². The van der Waals surface area contributed by atoms with Crippen LogP contribution in [-0.4, -0.2) is 15.3 Å². The van der Waals surface area contributed by atoms with Crippen LogP contribution in [0, 0.1) is 0 Å². The SMILES string of the molecule is Oc1ccc(NC(=S)NC=Cc2ccccc2)c(O)c1. The third kappa shape index (κ3) is 4.00. The maximum Gasteiger partial charge on any atom is 0.174 e. The fraction of sp³-hybridized carbons (Fsp3) is 0. The summed E-state index contributed by atoms with van der Waals surface area (Å²) in [6, 6.07) is 14.0. The molecule has 0 amide bonds. The van der Waals surface area contributed by atoms with E-state index in [0.29, 0.717) is 10.8 Å². The molecule has 0 spiro atoms. The lowest BCUT2D eigenvalue weighted by molar-refractivity contribution is 0.452. The average molecular weight is 286 g/mol. The molecule has 102 valence electrons. The minimum absolute atomic E-state index is 0.00380. The van der Waals surface area contributed by atoms with Gasteiger partial charge < -0.3 is 20.8 Å². The number of thiocarbonyl (C=S) groups is 1. The first-order valence-corrected chi connectivity index (χ1v) is 6.37. The lowest BCUT2D eigenvalue weighted by atomic mass is 10.2. The molecule has 4 nitrogen and oxygen atoms in total. The number of benzene rings is 2. The summed E-state index contributed by atoms with van der Waals surface area (Å²) in [6.45, 7) is 0. The van der Waals surface area contributed by atoms with Gasteiger partial charge in [-0.25, -0.2) is 0 Å². The van der Waals surface area contributed by atoms with E-state index in [0.717, 1.165) is 5.56 Å². The van der Waals surface area contributed by atoms with Gasteiger partial charge in [-0.2, -0.15) is 0 Å². The molecule has 0 aromatic heterocycles. The van der Waals surface area contributed by atoms with Gasteiger partial charge in [0.15, 0.2) is 5.11 Å². The van der Waals surface area contributed by atoms with Crippen LogP contribution in [0.4, 0.5) is 5.69 Å². The largest absolute Gasteiger partial charge is 0.508 e. The Labute approximate surface area is 122 Å². The zero-order chi connectivity index (χ0) is 14.4. The van der Waals surface area contributed by atoms with E-state index in [1.165, 1.54) is 12.1 Å². The number of nitrogens with one attached hydrogen (secondary N) is 2. The Kier molecular flexibility index (Phi) is 4.57. The Bertz CT molecular complexity index is 627. The zero-order valence-electron chi connectivity index (χ0n) is 10.6. The molecule has 0 radical (unpaired) electrons. The number of phenolic OH excluding ortho intramolecular Hbond substituents is 2. The summed E-state index contributed by atoms with van der Waals surface area (Å²) in [5, 5.41) is 24.9. The Morgan fingerprint density at radius 3 is 2.50 bits per heavy atom. The van der Waals surface area contributed by atoms with Gasteiger partial charge >= 0.3 is 0 Å². The van der Waals surface area contributed by atoms with Crippen molar-refractivity contribution < 1.29 is 10.2 Å². The van der Waals surface area contributed by atoms with Gasteiger partial charge in [0.25, 0.3) is 0 Å². The van der Waals surface area contributed by atoms with Crippen LogP contribution in [-0.2, 0) is 0 Å². The summed E-state index contributed by atoms with van der Waals surface area (Å²) in [7, 11) is 0. The molecule has 0 aliphatic heterocycles. The number of rotatable bonds is 3. The molecule has 2 aromatic carbocycles. The average Bonchev–Trinajstić information content (AvgIpc) is 2.43. The molecular formula is C15H14N2O2S. The topological polar surface area (TPSA) is 64.5 Å². The van der Waals surface area contributed by atoms with Crippen molar-refractivity contribution in [2.75, 3.05) is 5.32 Å². The lowest BCUT2D eigenvalue weighted by Crippen LogP contribution is -2.23. The molecule has 0 atom stereocenters. The number of anilines is 1. The maximum atomic E-state index is 9.62. The summed E-state index contributed by atoms with van der Waals surface area (Å²) in [4.78, 5) is 0. The van der Waals surface area contributed by atoms with Gasteiger partial charge in [-0.15, -0.1) is 0 Å². The molecule has 0 fully saturated rings. The van der Waals surface area contributed by atoms with E-state index >= 15 is 0 Å². The highest BCUT2D eigenvalue weighted by atomic mass is 32.1. The van der Waals surface area contributed by atoms with Gasteiger partial charge in [-0.05, 0) is 36.0 Å². The van der Waals surface area contributed by atoms with E-state index in [2.05, 4.69) is 10.6 Å². The van der Waals surface area contributed by atoms with Crippen molar-refractivity contribution in [3.05, 3.63) is 60.3 Å². The Morgan fingerprint density at radius 1 is 1.05 bits per heavy atom. The van der Waals surface area contributed by atoms with Gasteiger partial charge in [0.2, 0.25) is 0 Å². The zero-order valence-corrected chi connectivity index (χ0v) is 11.4. The predicted octanol–water partition coefficient (Wildman–Crippen LogP) is 3.06. The van der Waals surface area contributed by atoms with Gasteiger partial charge in [-0.3, -0.25) is 0 Å². The first kappa shape index (κ1) is 13.9. The fourth-order valence-corrected chi connectivity index (χ4v) is 1.74. The molecule has 0 unspecified atom stereocenters. The Morgan fingerprint density at radius 2 is 1.80 bits per heavy atom. The van der Waals surface area contributed by atoms with Crippen molar-refractivity contribution in [3.63, 3.8) is 0 Å². The quantitative estimate of drug-likeness (QED) is 0.397. The molecule has 5 heteroatoms. The summed E-state index contributed by atoms with van der Waals surface area (Å²) in [6.07, 6.45) is 3.59. The van der Waals surface area contributed by atoms with Gasteiger partial charge in [-0.1, -0.05) is 30.3 Å². The van der Waals surface area contributed by atoms with Crippen LogP contribution in [0.25, 0.3) is 6.08 Å². The molecule has 0 bridgehead atoms. The smallest absolute Gasteiger partial charge is 0.174 e. The van der Waals surface area contributed by atoms with Gasteiger partial charge in [0.05, 0.1) is 5.69 Å². The van der Waals surface area contributed by atoms with Crippen molar-refractivity contribution in [1.82, 2.24) is 5.32 Å². The number of hydrogen-bond donors (Lipinski definition) is 4. The number of aromatic hydroxyl groups is 2.